The fourth-order valence-electron chi connectivity index (χ4n) is 3.58. The van der Waals surface area contributed by atoms with Gasteiger partial charge in [-0.1, -0.05) is 24.3 Å². The van der Waals surface area contributed by atoms with Crippen molar-refractivity contribution in [1.82, 2.24) is 14.5 Å². The van der Waals surface area contributed by atoms with Crippen LogP contribution in [0.1, 0.15) is 11.1 Å². The number of rotatable bonds is 5. The summed E-state index contributed by atoms with van der Waals surface area (Å²) in [4.78, 5) is 34.2. The van der Waals surface area contributed by atoms with Crippen LogP contribution in [0.5, 0.6) is 11.6 Å². The van der Waals surface area contributed by atoms with Crippen LogP contribution in [0.25, 0.3) is 22.1 Å². The highest BCUT2D eigenvalue weighted by molar-refractivity contribution is 6.01. The molecule has 164 valence electrons. The maximum absolute atomic E-state index is 12.9. The van der Waals surface area contributed by atoms with Gasteiger partial charge in [0.1, 0.15) is 29.1 Å². The van der Waals surface area contributed by atoms with E-state index < -0.39 is 11.5 Å². The largest absolute Gasteiger partial charge is 0.448 e. The topological polar surface area (TPSA) is 99.2 Å². The van der Waals surface area contributed by atoms with Gasteiger partial charge in [-0.15, -0.1) is 0 Å². The molecule has 0 saturated heterocycles. The first-order valence-electron chi connectivity index (χ1n) is 10.4. The molecule has 5 aromatic rings. The van der Waals surface area contributed by atoms with Crippen LogP contribution in [0.4, 0.5) is 5.69 Å². The number of fused-ring (bicyclic) bond motifs is 3. The summed E-state index contributed by atoms with van der Waals surface area (Å²) in [6, 6.07) is 16.4. The first-order valence-corrected chi connectivity index (χ1v) is 10.4. The lowest BCUT2D eigenvalue weighted by molar-refractivity contribution is -0.116. The Hall–Kier alpha value is -4.46. The van der Waals surface area contributed by atoms with E-state index in [1.165, 1.54) is 10.9 Å². The second-order valence-electron chi connectivity index (χ2n) is 7.66. The first kappa shape index (κ1) is 20.4. The predicted octanol–water partition coefficient (Wildman–Crippen LogP) is 4.59. The average molecular weight is 440 g/mol. The summed E-state index contributed by atoms with van der Waals surface area (Å²) in [6.45, 7) is 3.71. The molecule has 0 radical (unpaired) electrons. The van der Waals surface area contributed by atoms with Crippen LogP contribution in [-0.4, -0.2) is 20.4 Å². The standard InChI is InChI=1S/C25H20N4O4/c1-15-7-5-11-19(16(15)2)33-24-18(9-6-12-26-24)28-21(30)13-29-14-27-22-17-8-3-4-10-20(17)32-23(22)25(29)31/h3-12,14H,13H2,1-2H3,(H,28,30). The highest BCUT2D eigenvalue weighted by atomic mass is 16.5. The Bertz CT molecular complexity index is 1570. The Balaban J connectivity index is 1.39. The molecule has 1 N–H and O–H groups in total. The van der Waals surface area contributed by atoms with Gasteiger partial charge in [-0.2, -0.15) is 0 Å². The van der Waals surface area contributed by atoms with Crippen LogP contribution in [-0.2, 0) is 11.3 Å². The summed E-state index contributed by atoms with van der Waals surface area (Å²) < 4.78 is 12.8. The minimum atomic E-state index is -0.426. The maximum atomic E-state index is 12.9. The fourth-order valence-corrected chi connectivity index (χ4v) is 3.58. The molecule has 0 atom stereocenters. The molecule has 33 heavy (non-hydrogen) atoms. The van der Waals surface area contributed by atoms with Gasteiger partial charge in [0.25, 0.3) is 5.56 Å². The van der Waals surface area contributed by atoms with Crippen LogP contribution in [0.2, 0.25) is 0 Å². The number of benzene rings is 2. The number of furan rings is 1. The zero-order chi connectivity index (χ0) is 22.9. The molecule has 0 fully saturated rings. The van der Waals surface area contributed by atoms with Crippen molar-refractivity contribution in [2.75, 3.05) is 5.32 Å². The molecule has 3 heterocycles. The second-order valence-corrected chi connectivity index (χ2v) is 7.66. The zero-order valence-corrected chi connectivity index (χ0v) is 18.0. The quantitative estimate of drug-likeness (QED) is 0.429. The van der Waals surface area contributed by atoms with E-state index in [0.717, 1.165) is 16.5 Å². The number of para-hydroxylation sites is 1. The minimum absolute atomic E-state index is 0.117. The van der Waals surface area contributed by atoms with Crippen molar-refractivity contribution < 1.29 is 13.9 Å². The van der Waals surface area contributed by atoms with Crippen LogP contribution < -0.4 is 15.6 Å². The van der Waals surface area contributed by atoms with Crippen molar-refractivity contribution in [3.63, 3.8) is 0 Å². The molecule has 0 bridgehead atoms. The van der Waals surface area contributed by atoms with Crippen molar-refractivity contribution in [1.29, 1.82) is 0 Å². The molecule has 0 aliphatic carbocycles. The molecule has 0 unspecified atom stereocenters. The van der Waals surface area contributed by atoms with Crippen LogP contribution in [0.3, 0.4) is 0 Å². The van der Waals surface area contributed by atoms with Gasteiger partial charge in [-0.25, -0.2) is 9.97 Å². The van der Waals surface area contributed by atoms with E-state index >= 15 is 0 Å². The summed E-state index contributed by atoms with van der Waals surface area (Å²) >= 11 is 0. The molecular weight excluding hydrogens is 420 g/mol. The molecule has 0 spiro atoms. The number of aryl methyl sites for hydroxylation is 1. The van der Waals surface area contributed by atoms with E-state index in [0.29, 0.717) is 22.5 Å². The van der Waals surface area contributed by atoms with E-state index in [4.69, 9.17) is 9.15 Å². The van der Waals surface area contributed by atoms with Crippen molar-refractivity contribution in [3.05, 3.63) is 88.6 Å². The van der Waals surface area contributed by atoms with E-state index in [-0.39, 0.29) is 18.0 Å². The third-order valence-electron chi connectivity index (χ3n) is 5.47. The number of amides is 1. The number of carbonyl (C=O) groups excluding carboxylic acids is 1. The van der Waals surface area contributed by atoms with Gasteiger partial charge < -0.3 is 14.5 Å². The van der Waals surface area contributed by atoms with Gasteiger partial charge in [0.05, 0.1) is 6.33 Å². The third kappa shape index (κ3) is 3.82. The van der Waals surface area contributed by atoms with Gasteiger partial charge in [0.15, 0.2) is 0 Å². The highest BCUT2D eigenvalue weighted by Crippen LogP contribution is 2.30. The first-order chi connectivity index (χ1) is 16.0. The van der Waals surface area contributed by atoms with E-state index in [1.54, 1.807) is 24.4 Å². The number of ether oxygens (including phenoxy) is 1. The Morgan fingerprint density at radius 3 is 2.79 bits per heavy atom. The molecule has 5 rings (SSSR count). The molecule has 0 saturated carbocycles. The Labute approximate surface area is 188 Å². The Morgan fingerprint density at radius 1 is 1.06 bits per heavy atom. The lowest BCUT2D eigenvalue weighted by atomic mass is 10.1. The van der Waals surface area contributed by atoms with Crippen molar-refractivity contribution in [2.45, 2.75) is 20.4 Å². The SMILES string of the molecule is Cc1cccc(Oc2ncccc2NC(=O)Cn2cnc3c(oc4ccccc43)c2=O)c1C. The fraction of sp³-hybridized carbons (Fsp3) is 0.120. The number of nitrogens with zero attached hydrogens (tertiary/aromatic N) is 3. The van der Waals surface area contributed by atoms with Crippen molar-refractivity contribution in [3.8, 4) is 11.6 Å². The van der Waals surface area contributed by atoms with Crippen LogP contribution in [0, 0.1) is 13.8 Å². The minimum Gasteiger partial charge on any atom is -0.448 e. The Morgan fingerprint density at radius 2 is 1.91 bits per heavy atom. The molecule has 0 aliphatic heterocycles. The summed E-state index contributed by atoms with van der Waals surface area (Å²) in [5.74, 6) is 0.492. The van der Waals surface area contributed by atoms with Crippen LogP contribution in [0.15, 0.2) is 76.3 Å². The molecule has 8 nitrogen and oxygen atoms in total. The van der Waals surface area contributed by atoms with E-state index in [9.17, 15) is 9.59 Å². The highest BCUT2D eigenvalue weighted by Gasteiger charge is 2.16. The van der Waals surface area contributed by atoms with Crippen molar-refractivity contribution in [2.24, 2.45) is 0 Å². The summed E-state index contributed by atoms with van der Waals surface area (Å²) in [5, 5.41) is 3.53. The smallest absolute Gasteiger partial charge is 0.297 e. The number of hydrogen-bond acceptors (Lipinski definition) is 6. The van der Waals surface area contributed by atoms with Crippen molar-refractivity contribution >= 4 is 33.7 Å². The van der Waals surface area contributed by atoms with Gasteiger partial charge >= 0.3 is 0 Å². The number of nitrogens with one attached hydrogen (secondary N) is 1. The second kappa shape index (κ2) is 8.23. The summed E-state index contributed by atoms with van der Waals surface area (Å²) in [5.41, 5.74) is 3.20. The lowest BCUT2D eigenvalue weighted by Crippen LogP contribution is -2.27. The number of hydrogen-bond donors (Lipinski definition) is 1. The molecule has 1 amide bonds. The summed E-state index contributed by atoms with van der Waals surface area (Å²) in [6.07, 6.45) is 2.93. The van der Waals surface area contributed by atoms with Gasteiger partial charge in [0.2, 0.25) is 17.4 Å². The average Bonchev–Trinajstić information content (AvgIpc) is 3.19. The monoisotopic (exact) mass is 440 g/mol. The molecule has 8 heteroatoms. The number of anilines is 1. The third-order valence-corrected chi connectivity index (χ3v) is 5.47. The molecular formula is C25H20N4O4. The predicted molar refractivity (Wildman–Crippen MR) is 125 cm³/mol. The number of pyridine rings is 1. The van der Waals surface area contributed by atoms with Crippen LogP contribution >= 0.6 is 0 Å². The molecule has 3 aromatic heterocycles. The lowest BCUT2D eigenvalue weighted by Gasteiger charge is -2.13. The van der Waals surface area contributed by atoms with Gasteiger partial charge in [0, 0.05) is 11.6 Å². The maximum Gasteiger partial charge on any atom is 0.297 e. The number of aromatic nitrogens is 3. The summed E-state index contributed by atoms with van der Waals surface area (Å²) in [7, 11) is 0. The van der Waals surface area contributed by atoms with Gasteiger partial charge in [-0.3, -0.25) is 14.2 Å². The number of carbonyl (C=O) groups is 1. The van der Waals surface area contributed by atoms with Gasteiger partial charge in [-0.05, 0) is 55.3 Å². The van der Waals surface area contributed by atoms with E-state index in [2.05, 4.69) is 15.3 Å². The normalized spacial score (nSPS) is 11.1. The zero-order valence-electron chi connectivity index (χ0n) is 18.0. The molecule has 2 aromatic carbocycles. The Kier molecular flexibility index (Phi) is 5.10. The molecule has 0 aliphatic rings. The van der Waals surface area contributed by atoms with E-state index in [1.807, 2.05) is 50.2 Å².